The smallest absolute Gasteiger partial charge is 0.0950 e. The number of hydrogen-bond donors (Lipinski definition) is 1. The van der Waals surface area contributed by atoms with Gasteiger partial charge in [-0.25, -0.2) is 0 Å². The highest BCUT2D eigenvalue weighted by molar-refractivity contribution is 6.30. The molecule has 1 atom stereocenters. The normalized spacial score (nSPS) is 12.8. The van der Waals surface area contributed by atoms with E-state index in [0.717, 1.165) is 17.1 Å². The molecule has 120 valence electrons. The van der Waals surface area contributed by atoms with Gasteiger partial charge in [-0.2, -0.15) is 0 Å². The van der Waals surface area contributed by atoms with Gasteiger partial charge in [0.2, 0.25) is 0 Å². The molecule has 4 nitrogen and oxygen atoms in total. The monoisotopic (exact) mass is 315 g/mol. The number of methoxy groups -OCH3 is 1. The van der Waals surface area contributed by atoms with Gasteiger partial charge in [-0.1, -0.05) is 37.6 Å². The van der Waals surface area contributed by atoms with Crippen LogP contribution < -0.4 is 5.32 Å². The SMILES string of the molecule is COCCOCCOC(CNC(C)C)c1ccc(Cl)cc1. The van der Waals surface area contributed by atoms with Crippen LogP contribution in [-0.4, -0.2) is 46.1 Å². The first-order valence-corrected chi connectivity index (χ1v) is 7.68. The lowest BCUT2D eigenvalue weighted by molar-refractivity contribution is -0.00737. The quantitative estimate of drug-likeness (QED) is 0.637. The van der Waals surface area contributed by atoms with Crippen LogP contribution in [0.3, 0.4) is 0 Å². The largest absolute Gasteiger partial charge is 0.382 e. The van der Waals surface area contributed by atoms with Crippen LogP contribution in [0.1, 0.15) is 25.5 Å². The minimum Gasteiger partial charge on any atom is -0.382 e. The van der Waals surface area contributed by atoms with E-state index in [1.165, 1.54) is 0 Å². The van der Waals surface area contributed by atoms with Crippen molar-refractivity contribution in [3.8, 4) is 0 Å². The highest BCUT2D eigenvalue weighted by Gasteiger charge is 2.12. The van der Waals surface area contributed by atoms with Crippen molar-refractivity contribution >= 4 is 11.6 Å². The second-order valence-electron chi connectivity index (χ2n) is 5.08. The van der Waals surface area contributed by atoms with Gasteiger partial charge in [0, 0.05) is 24.7 Å². The summed E-state index contributed by atoms with van der Waals surface area (Å²) in [6, 6.07) is 8.19. The van der Waals surface area contributed by atoms with Gasteiger partial charge in [0.15, 0.2) is 0 Å². The third-order valence-corrected chi connectivity index (χ3v) is 3.18. The van der Waals surface area contributed by atoms with E-state index in [0.29, 0.717) is 32.5 Å². The van der Waals surface area contributed by atoms with Crippen LogP contribution in [0.25, 0.3) is 0 Å². The molecule has 0 aromatic heterocycles. The van der Waals surface area contributed by atoms with Crippen molar-refractivity contribution < 1.29 is 14.2 Å². The first-order valence-electron chi connectivity index (χ1n) is 7.30. The zero-order valence-corrected chi connectivity index (χ0v) is 13.9. The Morgan fingerprint density at radius 3 is 2.33 bits per heavy atom. The first-order chi connectivity index (χ1) is 10.1. The maximum absolute atomic E-state index is 5.93. The number of rotatable bonds is 11. The van der Waals surface area contributed by atoms with Crippen molar-refractivity contribution in [3.05, 3.63) is 34.9 Å². The third-order valence-electron chi connectivity index (χ3n) is 2.93. The maximum atomic E-state index is 5.93. The van der Waals surface area contributed by atoms with E-state index >= 15 is 0 Å². The van der Waals surface area contributed by atoms with E-state index in [1.807, 2.05) is 24.3 Å². The van der Waals surface area contributed by atoms with Crippen molar-refractivity contribution in [2.45, 2.75) is 26.0 Å². The molecule has 0 aliphatic heterocycles. The lowest BCUT2D eigenvalue weighted by Gasteiger charge is -2.20. The Labute approximate surface area is 132 Å². The fraction of sp³-hybridized carbons (Fsp3) is 0.625. The lowest BCUT2D eigenvalue weighted by atomic mass is 10.1. The number of halogens is 1. The van der Waals surface area contributed by atoms with Crippen molar-refractivity contribution in [1.29, 1.82) is 0 Å². The summed E-state index contributed by atoms with van der Waals surface area (Å²) in [5, 5.41) is 4.13. The van der Waals surface area contributed by atoms with Gasteiger partial charge in [-0.05, 0) is 17.7 Å². The third kappa shape index (κ3) is 8.39. The number of ether oxygens (including phenoxy) is 3. The molecule has 1 N–H and O–H groups in total. The minimum atomic E-state index is -0.00399. The lowest BCUT2D eigenvalue weighted by Crippen LogP contribution is -2.29. The first kappa shape index (κ1) is 18.4. The highest BCUT2D eigenvalue weighted by atomic mass is 35.5. The Balaban J connectivity index is 2.42. The molecule has 0 amide bonds. The van der Waals surface area contributed by atoms with E-state index in [4.69, 9.17) is 25.8 Å². The summed E-state index contributed by atoms with van der Waals surface area (Å²) in [6.45, 7) is 7.31. The summed E-state index contributed by atoms with van der Waals surface area (Å²) in [7, 11) is 1.66. The molecule has 0 aliphatic rings. The second kappa shape index (κ2) is 11.0. The van der Waals surface area contributed by atoms with Crippen LogP contribution in [0.4, 0.5) is 0 Å². The van der Waals surface area contributed by atoms with Gasteiger partial charge >= 0.3 is 0 Å². The molecule has 0 aliphatic carbocycles. The van der Waals surface area contributed by atoms with Crippen molar-refractivity contribution in [2.24, 2.45) is 0 Å². The summed E-state index contributed by atoms with van der Waals surface area (Å²) in [4.78, 5) is 0. The second-order valence-corrected chi connectivity index (χ2v) is 5.52. The summed E-state index contributed by atoms with van der Waals surface area (Å²) < 4.78 is 16.3. The average Bonchev–Trinajstić information content (AvgIpc) is 2.46. The summed E-state index contributed by atoms with van der Waals surface area (Å²) >= 11 is 5.93. The summed E-state index contributed by atoms with van der Waals surface area (Å²) in [5.41, 5.74) is 1.12. The Hall–Kier alpha value is -0.650. The van der Waals surface area contributed by atoms with Crippen LogP contribution in [0.2, 0.25) is 5.02 Å². The maximum Gasteiger partial charge on any atom is 0.0950 e. The van der Waals surface area contributed by atoms with Gasteiger partial charge in [0.05, 0.1) is 32.5 Å². The van der Waals surface area contributed by atoms with Crippen molar-refractivity contribution in [2.75, 3.05) is 40.1 Å². The molecule has 0 heterocycles. The Morgan fingerprint density at radius 2 is 1.71 bits per heavy atom. The van der Waals surface area contributed by atoms with E-state index in [9.17, 15) is 0 Å². The topological polar surface area (TPSA) is 39.7 Å². The number of hydrogen-bond acceptors (Lipinski definition) is 4. The van der Waals surface area contributed by atoms with Gasteiger partial charge in [-0.15, -0.1) is 0 Å². The molecule has 21 heavy (non-hydrogen) atoms. The molecule has 0 bridgehead atoms. The zero-order chi connectivity index (χ0) is 15.5. The molecule has 1 unspecified atom stereocenters. The molecule has 0 saturated heterocycles. The number of nitrogens with one attached hydrogen (secondary N) is 1. The molecule has 1 aromatic rings. The molecule has 0 saturated carbocycles. The molecular formula is C16H26ClNO3. The zero-order valence-electron chi connectivity index (χ0n) is 13.1. The predicted molar refractivity (Wildman–Crippen MR) is 86.0 cm³/mol. The molecular weight excluding hydrogens is 290 g/mol. The van der Waals surface area contributed by atoms with Gasteiger partial charge in [-0.3, -0.25) is 0 Å². The van der Waals surface area contributed by atoms with Crippen LogP contribution in [0.15, 0.2) is 24.3 Å². The predicted octanol–water partition coefficient (Wildman–Crippen LogP) is 3.06. The van der Waals surface area contributed by atoms with E-state index in [2.05, 4.69) is 19.2 Å². The van der Waals surface area contributed by atoms with Gasteiger partial charge in [0.25, 0.3) is 0 Å². The molecule has 0 fully saturated rings. The average molecular weight is 316 g/mol. The molecule has 0 spiro atoms. The van der Waals surface area contributed by atoms with Crippen LogP contribution >= 0.6 is 11.6 Å². The van der Waals surface area contributed by atoms with Gasteiger partial charge in [0.1, 0.15) is 0 Å². The van der Waals surface area contributed by atoms with Gasteiger partial charge < -0.3 is 19.5 Å². The fourth-order valence-electron chi connectivity index (χ4n) is 1.79. The van der Waals surface area contributed by atoms with Crippen molar-refractivity contribution in [3.63, 3.8) is 0 Å². The van der Waals surface area contributed by atoms with Crippen molar-refractivity contribution in [1.82, 2.24) is 5.32 Å². The Kier molecular flexibility index (Phi) is 9.63. The van der Waals surface area contributed by atoms with Crippen LogP contribution in [0.5, 0.6) is 0 Å². The number of benzene rings is 1. The molecule has 5 heteroatoms. The van der Waals surface area contributed by atoms with Crippen LogP contribution in [0, 0.1) is 0 Å². The van der Waals surface area contributed by atoms with Crippen LogP contribution in [-0.2, 0) is 14.2 Å². The standard InChI is InChI=1S/C16H26ClNO3/c1-13(2)18-12-16(14-4-6-15(17)7-5-14)21-11-10-20-9-8-19-3/h4-7,13,16,18H,8-12H2,1-3H3. The van der Waals surface area contributed by atoms with E-state index < -0.39 is 0 Å². The minimum absolute atomic E-state index is 0.00399. The summed E-state index contributed by atoms with van der Waals surface area (Å²) in [5.74, 6) is 0. The van der Waals surface area contributed by atoms with E-state index in [-0.39, 0.29) is 6.10 Å². The molecule has 1 rings (SSSR count). The Morgan fingerprint density at radius 1 is 1.05 bits per heavy atom. The van der Waals surface area contributed by atoms with E-state index in [1.54, 1.807) is 7.11 Å². The Bertz CT molecular complexity index is 370. The molecule has 1 aromatic carbocycles. The highest BCUT2D eigenvalue weighted by Crippen LogP contribution is 2.19. The molecule has 0 radical (unpaired) electrons. The fourth-order valence-corrected chi connectivity index (χ4v) is 1.91. The summed E-state index contributed by atoms with van der Waals surface area (Å²) in [6.07, 6.45) is -0.00399.